The van der Waals surface area contributed by atoms with Crippen LogP contribution in [0.4, 0.5) is 10.1 Å². The summed E-state index contributed by atoms with van der Waals surface area (Å²) in [6, 6.07) is 10.2. The Morgan fingerprint density at radius 3 is 2.60 bits per heavy atom. The zero-order chi connectivity index (χ0) is 14.5. The molecular weight excluding hydrogens is 275 g/mol. The lowest BCUT2D eigenvalue weighted by atomic mass is 10.2. The third-order valence-electron chi connectivity index (χ3n) is 2.87. The van der Waals surface area contributed by atoms with E-state index < -0.39 is 0 Å². The molecule has 2 aromatic rings. The van der Waals surface area contributed by atoms with Gasteiger partial charge in [0.25, 0.3) is 0 Å². The van der Waals surface area contributed by atoms with Crippen molar-refractivity contribution in [3.63, 3.8) is 0 Å². The van der Waals surface area contributed by atoms with Crippen LogP contribution in [0.1, 0.15) is 11.1 Å². The molecule has 5 heteroatoms. The van der Waals surface area contributed by atoms with E-state index in [0.29, 0.717) is 12.2 Å². The van der Waals surface area contributed by atoms with E-state index in [0.717, 1.165) is 20.9 Å². The van der Waals surface area contributed by atoms with Gasteiger partial charge in [0.05, 0.1) is 6.61 Å². The Morgan fingerprint density at radius 2 is 1.95 bits per heavy atom. The fourth-order valence-corrected chi connectivity index (χ4v) is 2.83. The Hall–Kier alpha value is -1.56. The first-order valence-corrected chi connectivity index (χ1v) is 7.06. The molecule has 4 N–H and O–H groups in total. The molecule has 0 bridgehead atoms. The second kappa shape index (κ2) is 6.74. The predicted molar refractivity (Wildman–Crippen MR) is 80.1 cm³/mol. The van der Waals surface area contributed by atoms with Crippen LogP contribution in [-0.2, 0) is 13.2 Å². The molecule has 0 heterocycles. The number of benzene rings is 2. The second-order valence-corrected chi connectivity index (χ2v) is 5.50. The van der Waals surface area contributed by atoms with Crippen LogP contribution in [-0.4, -0.2) is 12.2 Å². The zero-order valence-corrected chi connectivity index (χ0v) is 12.0. The Labute approximate surface area is 122 Å². The third-order valence-corrected chi connectivity index (χ3v) is 4.08. The topological polar surface area (TPSA) is 58.3 Å². The van der Waals surface area contributed by atoms with Crippen molar-refractivity contribution in [2.75, 3.05) is 12.8 Å². The molecule has 2 aromatic carbocycles. The van der Waals surface area contributed by atoms with Crippen molar-refractivity contribution in [3.05, 3.63) is 53.3 Å². The van der Waals surface area contributed by atoms with Crippen LogP contribution >= 0.6 is 11.8 Å². The van der Waals surface area contributed by atoms with Gasteiger partial charge in [-0.2, -0.15) is 0 Å². The van der Waals surface area contributed by atoms with Crippen LogP contribution in [0.2, 0.25) is 0 Å². The average Bonchev–Trinajstić information content (AvgIpc) is 2.44. The van der Waals surface area contributed by atoms with Crippen LogP contribution in [0.25, 0.3) is 0 Å². The summed E-state index contributed by atoms with van der Waals surface area (Å²) in [5.41, 5.74) is 8.26. The van der Waals surface area contributed by atoms with Crippen LogP contribution < -0.4 is 11.1 Å². The van der Waals surface area contributed by atoms with Gasteiger partial charge in [-0.25, -0.2) is 4.39 Å². The van der Waals surface area contributed by atoms with Gasteiger partial charge in [-0.15, -0.1) is 0 Å². The second-order valence-electron chi connectivity index (χ2n) is 4.41. The molecule has 0 saturated carbocycles. The van der Waals surface area contributed by atoms with Gasteiger partial charge in [0.2, 0.25) is 0 Å². The van der Waals surface area contributed by atoms with Crippen molar-refractivity contribution in [3.8, 4) is 0 Å². The molecule has 0 aliphatic heterocycles. The lowest BCUT2D eigenvalue weighted by Gasteiger charge is -2.11. The van der Waals surface area contributed by atoms with Crippen molar-refractivity contribution in [1.29, 1.82) is 0 Å². The molecule has 0 radical (unpaired) electrons. The van der Waals surface area contributed by atoms with Gasteiger partial charge >= 0.3 is 0 Å². The number of aliphatic hydroxyl groups is 1. The number of hydrogen-bond acceptors (Lipinski definition) is 4. The summed E-state index contributed by atoms with van der Waals surface area (Å²) < 4.78 is 13.3. The minimum absolute atomic E-state index is 0.0311. The molecule has 3 nitrogen and oxygen atoms in total. The number of nitrogens with two attached hydrogens (primary N) is 1. The van der Waals surface area contributed by atoms with E-state index in [9.17, 15) is 4.39 Å². The quantitative estimate of drug-likeness (QED) is 0.742. The standard InChI is InChI=1S/C15H17FN2OS/c1-18-8-11-7-12(16)3-5-14(11)20-15-4-2-10(9-19)6-13(15)17/h2-7,18-19H,8-9,17H2,1H3. The summed E-state index contributed by atoms with van der Waals surface area (Å²) in [5.74, 6) is -0.247. The van der Waals surface area contributed by atoms with Gasteiger partial charge in [-0.1, -0.05) is 17.8 Å². The lowest BCUT2D eigenvalue weighted by Crippen LogP contribution is -2.06. The first-order chi connectivity index (χ1) is 9.63. The monoisotopic (exact) mass is 292 g/mol. The van der Waals surface area contributed by atoms with Crippen molar-refractivity contribution >= 4 is 17.4 Å². The Morgan fingerprint density at radius 1 is 1.20 bits per heavy atom. The number of anilines is 1. The van der Waals surface area contributed by atoms with Gasteiger partial charge < -0.3 is 16.2 Å². The highest BCUT2D eigenvalue weighted by Crippen LogP contribution is 2.35. The molecule has 0 amide bonds. The van der Waals surface area contributed by atoms with Crippen molar-refractivity contribution in [2.24, 2.45) is 0 Å². The van der Waals surface area contributed by atoms with Gasteiger partial charge in [0, 0.05) is 22.0 Å². The number of halogens is 1. The first kappa shape index (κ1) is 14.8. The van der Waals surface area contributed by atoms with Gasteiger partial charge in [0.15, 0.2) is 0 Å². The van der Waals surface area contributed by atoms with Gasteiger partial charge in [0.1, 0.15) is 5.82 Å². The maximum absolute atomic E-state index is 13.3. The van der Waals surface area contributed by atoms with E-state index in [1.54, 1.807) is 12.1 Å². The largest absolute Gasteiger partial charge is 0.398 e. The molecule has 0 fully saturated rings. The molecule has 0 saturated heterocycles. The van der Waals surface area contributed by atoms with Crippen LogP contribution in [0.3, 0.4) is 0 Å². The summed E-state index contributed by atoms with van der Waals surface area (Å²) >= 11 is 1.50. The fourth-order valence-electron chi connectivity index (χ4n) is 1.88. The molecule has 0 unspecified atom stereocenters. The summed E-state index contributed by atoms with van der Waals surface area (Å²) in [7, 11) is 1.82. The minimum Gasteiger partial charge on any atom is -0.398 e. The number of nitrogen functional groups attached to an aromatic ring is 1. The highest BCUT2D eigenvalue weighted by molar-refractivity contribution is 7.99. The smallest absolute Gasteiger partial charge is 0.123 e. The van der Waals surface area contributed by atoms with Gasteiger partial charge in [-0.05, 0) is 48.5 Å². The maximum Gasteiger partial charge on any atom is 0.123 e. The van der Waals surface area contributed by atoms with Crippen molar-refractivity contribution in [2.45, 2.75) is 22.9 Å². The van der Waals surface area contributed by atoms with Gasteiger partial charge in [-0.3, -0.25) is 0 Å². The maximum atomic E-state index is 13.3. The Balaban J connectivity index is 2.29. The van der Waals surface area contributed by atoms with Crippen molar-refractivity contribution < 1.29 is 9.50 Å². The first-order valence-electron chi connectivity index (χ1n) is 6.24. The Kier molecular flexibility index (Phi) is 5.00. The van der Waals surface area contributed by atoms with E-state index in [-0.39, 0.29) is 12.4 Å². The summed E-state index contributed by atoms with van der Waals surface area (Å²) in [4.78, 5) is 1.86. The fraction of sp³-hybridized carbons (Fsp3) is 0.200. The van der Waals surface area contributed by atoms with E-state index in [1.165, 1.54) is 23.9 Å². The molecule has 0 aliphatic rings. The summed E-state index contributed by atoms with van der Waals surface area (Å²) in [6.45, 7) is 0.561. The predicted octanol–water partition coefficient (Wildman–Crippen LogP) is 2.77. The number of nitrogens with one attached hydrogen (secondary N) is 1. The third kappa shape index (κ3) is 3.50. The lowest BCUT2D eigenvalue weighted by molar-refractivity contribution is 0.282. The molecule has 0 atom stereocenters. The Bertz CT molecular complexity index is 604. The summed E-state index contributed by atoms with van der Waals surface area (Å²) in [6.07, 6.45) is 0. The number of aliphatic hydroxyl groups excluding tert-OH is 1. The normalized spacial score (nSPS) is 10.8. The van der Waals surface area contributed by atoms with E-state index >= 15 is 0 Å². The highest BCUT2D eigenvalue weighted by atomic mass is 32.2. The average molecular weight is 292 g/mol. The molecule has 106 valence electrons. The highest BCUT2D eigenvalue weighted by Gasteiger charge is 2.08. The summed E-state index contributed by atoms with van der Waals surface area (Å²) in [5, 5.41) is 12.1. The van der Waals surface area contributed by atoms with Crippen LogP contribution in [0.15, 0.2) is 46.2 Å². The van der Waals surface area contributed by atoms with Crippen LogP contribution in [0.5, 0.6) is 0 Å². The molecule has 2 rings (SSSR count). The molecule has 0 aromatic heterocycles. The zero-order valence-electron chi connectivity index (χ0n) is 11.2. The molecule has 20 heavy (non-hydrogen) atoms. The number of rotatable bonds is 5. The van der Waals surface area contributed by atoms with Crippen molar-refractivity contribution in [1.82, 2.24) is 5.32 Å². The van der Waals surface area contributed by atoms with Crippen LogP contribution in [0, 0.1) is 5.82 Å². The van der Waals surface area contributed by atoms with E-state index in [4.69, 9.17) is 10.8 Å². The molecular formula is C15H17FN2OS. The van der Waals surface area contributed by atoms with E-state index in [2.05, 4.69) is 5.32 Å². The molecule has 0 aliphatic carbocycles. The molecule has 0 spiro atoms. The minimum atomic E-state index is -0.247. The SMILES string of the molecule is CNCc1cc(F)ccc1Sc1ccc(CO)cc1N. The number of hydrogen-bond donors (Lipinski definition) is 3. The van der Waals surface area contributed by atoms with E-state index in [1.807, 2.05) is 19.2 Å².